The monoisotopic (exact) mass is 622 g/mol. The Kier molecular flexibility index (Phi) is 12.4. The maximum atomic E-state index is 14.3. The minimum absolute atomic E-state index is 0.822. The second-order valence-electron chi connectivity index (χ2n) is 12.1. The molecule has 15 nitrogen and oxygen atoms in total. The predicted octanol–water partition coefficient (Wildman–Crippen LogP) is -1.79. The van der Waals surface area contributed by atoms with Crippen LogP contribution in [0.2, 0.25) is 0 Å². The molecule has 2 aliphatic heterocycles. The van der Waals surface area contributed by atoms with Crippen molar-refractivity contribution in [2.45, 2.75) is 116 Å². The minimum Gasteiger partial charge on any atom is -0.443 e. The fourth-order valence-electron chi connectivity index (χ4n) is 5.03. The van der Waals surface area contributed by atoms with Crippen molar-refractivity contribution in [1.29, 1.82) is 0 Å². The van der Waals surface area contributed by atoms with Crippen LogP contribution in [0.3, 0.4) is 0 Å². The Balaban J connectivity index is 2.92. The highest BCUT2D eigenvalue weighted by Gasteiger charge is 2.78. The Morgan fingerprint density at radius 3 is 1.51 bits per heavy atom. The standard InChI is InChI=1S/C28H46O15/c1-11(2)20(34)27(42-23(37)13(5)6)16(10-30)40-26(41-25-19(33)18(32)17(31)15(9-29)39-25)22(36)28(27,21(35)12(3)4)43-24(38)14(7)8/h11-19,22,25-26,29-33,36H,9-10H2,1-8H3/t15-,16-,17-,18+,19-,22+,25-,26-,27+,28-/m1/s1. The molecule has 2 saturated heterocycles. The molecule has 0 spiro atoms. The van der Waals surface area contributed by atoms with Crippen molar-refractivity contribution >= 4 is 23.5 Å². The van der Waals surface area contributed by atoms with Gasteiger partial charge in [-0.25, -0.2) is 0 Å². The van der Waals surface area contributed by atoms with Gasteiger partial charge in [0.15, 0.2) is 30.3 Å². The first-order valence-corrected chi connectivity index (χ1v) is 14.3. The topological polar surface area (TPSA) is 236 Å². The third-order valence-electron chi connectivity index (χ3n) is 7.51. The summed E-state index contributed by atoms with van der Waals surface area (Å²) in [5, 5.41) is 63.0. The quantitative estimate of drug-likeness (QED) is 0.132. The largest absolute Gasteiger partial charge is 0.443 e. The van der Waals surface area contributed by atoms with Crippen LogP contribution in [0.25, 0.3) is 0 Å². The summed E-state index contributed by atoms with van der Waals surface area (Å²) in [7, 11) is 0. The van der Waals surface area contributed by atoms with E-state index < -0.39 is 121 Å². The van der Waals surface area contributed by atoms with Crippen LogP contribution in [0.1, 0.15) is 55.4 Å². The highest BCUT2D eigenvalue weighted by atomic mass is 16.8. The van der Waals surface area contributed by atoms with Crippen molar-refractivity contribution in [2.24, 2.45) is 23.7 Å². The van der Waals surface area contributed by atoms with Crippen LogP contribution in [0, 0.1) is 23.7 Å². The zero-order valence-electron chi connectivity index (χ0n) is 25.7. The average molecular weight is 623 g/mol. The molecule has 0 aromatic carbocycles. The fourth-order valence-corrected chi connectivity index (χ4v) is 5.03. The summed E-state index contributed by atoms with van der Waals surface area (Å²) in [6.45, 7) is 9.31. The number of carbonyl (C=O) groups excluding carboxylic acids is 4. The van der Waals surface area contributed by atoms with Gasteiger partial charge in [0.2, 0.25) is 11.2 Å². The molecule has 0 aliphatic carbocycles. The summed E-state index contributed by atoms with van der Waals surface area (Å²) in [4.78, 5) is 54.9. The van der Waals surface area contributed by atoms with Crippen molar-refractivity contribution < 1.29 is 73.5 Å². The van der Waals surface area contributed by atoms with E-state index in [0.29, 0.717) is 0 Å². The van der Waals surface area contributed by atoms with Crippen LogP contribution in [-0.2, 0) is 42.9 Å². The molecule has 0 saturated carbocycles. The van der Waals surface area contributed by atoms with E-state index in [-0.39, 0.29) is 0 Å². The highest BCUT2D eigenvalue weighted by molar-refractivity contribution is 6.04. The molecule has 15 heteroatoms. The number of ketones is 2. The van der Waals surface area contributed by atoms with Crippen LogP contribution in [0.4, 0.5) is 0 Å². The van der Waals surface area contributed by atoms with E-state index in [2.05, 4.69) is 0 Å². The zero-order chi connectivity index (χ0) is 33.2. The van der Waals surface area contributed by atoms with Gasteiger partial charge in [-0.05, 0) is 0 Å². The van der Waals surface area contributed by atoms with Gasteiger partial charge in [-0.3, -0.25) is 19.2 Å². The molecular formula is C28H46O15. The number of aliphatic hydroxyl groups excluding tert-OH is 6. The summed E-state index contributed by atoms with van der Waals surface area (Å²) < 4.78 is 28.3. The molecule has 0 aromatic rings. The number of carbonyl (C=O) groups is 4. The minimum atomic E-state index is -3.07. The van der Waals surface area contributed by atoms with E-state index in [1.165, 1.54) is 55.4 Å². The number of hydrogen-bond donors (Lipinski definition) is 6. The molecule has 2 fully saturated rings. The summed E-state index contributed by atoms with van der Waals surface area (Å²) in [5.41, 5.74) is -6.00. The molecule has 0 radical (unpaired) electrons. The zero-order valence-corrected chi connectivity index (χ0v) is 25.7. The Labute approximate surface area is 250 Å². The SMILES string of the molecule is CC(C)C(=O)O[C@]1(C(=O)C(C)C)[C@@H](CO)O[C@H](O[C@H]2O[C@H](CO)[C@@H](O)[C@H](O)[C@H]2O)[C@H](O)[C@]1(OC(=O)C(C)C)C(=O)C(C)C. The molecule has 6 N–H and O–H groups in total. The normalized spacial score (nSPS) is 36.7. The number of hydrogen-bond acceptors (Lipinski definition) is 15. The first kappa shape index (κ1) is 37.1. The molecule has 248 valence electrons. The lowest BCUT2D eigenvalue weighted by Crippen LogP contribution is -2.83. The van der Waals surface area contributed by atoms with Crippen molar-refractivity contribution in [3.63, 3.8) is 0 Å². The van der Waals surface area contributed by atoms with Crippen LogP contribution >= 0.6 is 0 Å². The van der Waals surface area contributed by atoms with E-state index in [0.717, 1.165) is 0 Å². The van der Waals surface area contributed by atoms with Gasteiger partial charge in [-0.1, -0.05) is 55.4 Å². The second kappa shape index (κ2) is 14.3. The summed E-state index contributed by atoms with van der Waals surface area (Å²) in [6.07, 6.45) is -15.6. The van der Waals surface area contributed by atoms with Gasteiger partial charge < -0.3 is 54.3 Å². The van der Waals surface area contributed by atoms with Crippen LogP contribution in [0.5, 0.6) is 0 Å². The molecule has 2 aliphatic rings. The fraction of sp³-hybridized carbons (Fsp3) is 0.857. The number of esters is 2. The van der Waals surface area contributed by atoms with Gasteiger partial charge in [0.25, 0.3) is 0 Å². The molecule has 0 unspecified atom stereocenters. The lowest BCUT2D eigenvalue weighted by Gasteiger charge is -2.57. The summed E-state index contributed by atoms with van der Waals surface area (Å²) >= 11 is 0. The van der Waals surface area contributed by atoms with Crippen molar-refractivity contribution in [1.82, 2.24) is 0 Å². The first-order valence-electron chi connectivity index (χ1n) is 14.3. The molecule has 0 amide bonds. The van der Waals surface area contributed by atoms with Crippen LogP contribution in [-0.4, -0.2) is 128 Å². The lowest BCUT2D eigenvalue weighted by molar-refractivity contribution is -0.395. The Morgan fingerprint density at radius 2 is 1.09 bits per heavy atom. The Hall–Kier alpha value is -2.08. The van der Waals surface area contributed by atoms with E-state index in [1.807, 2.05) is 0 Å². The smallest absolute Gasteiger partial charge is 0.309 e. The molecule has 0 bridgehead atoms. The third-order valence-corrected chi connectivity index (χ3v) is 7.51. The van der Waals surface area contributed by atoms with Gasteiger partial charge in [0, 0.05) is 11.8 Å². The molecule has 0 aromatic heterocycles. The number of aliphatic hydroxyl groups is 6. The lowest BCUT2D eigenvalue weighted by atomic mass is 9.63. The molecule has 10 atom stereocenters. The summed E-state index contributed by atoms with van der Waals surface area (Å²) in [5.74, 6) is -8.18. The van der Waals surface area contributed by atoms with Crippen molar-refractivity contribution in [3.05, 3.63) is 0 Å². The van der Waals surface area contributed by atoms with Gasteiger partial charge in [-0.2, -0.15) is 0 Å². The maximum Gasteiger partial charge on any atom is 0.309 e. The van der Waals surface area contributed by atoms with Gasteiger partial charge >= 0.3 is 11.9 Å². The second-order valence-corrected chi connectivity index (χ2v) is 12.1. The molecule has 2 rings (SSSR count). The van der Waals surface area contributed by atoms with Gasteiger partial charge in [0.1, 0.15) is 30.5 Å². The van der Waals surface area contributed by atoms with Crippen molar-refractivity contribution in [2.75, 3.05) is 13.2 Å². The highest BCUT2D eigenvalue weighted by Crippen LogP contribution is 2.49. The van der Waals surface area contributed by atoms with Gasteiger partial charge in [0.05, 0.1) is 25.0 Å². The average Bonchev–Trinajstić information content (AvgIpc) is 2.94. The van der Waals surface area contributed by atoms with Crippen LogP contribution < -0.4 is 0 Å². The molecular weight excluding hydrogens is 576 g/mol. The maximum absolute atomic E-state index is 14.3. The molecule has 43 heavy (non-hydrogen) atoms. The van der Waals surface area contributed by atoms with E-state index in [9.17, 15) is 49.8 Å². The van der Waals surface area contributed by atoms with Gasteiger partial charge in [-0.15, -0.1) is 0 Å². The van der Waals surface area contributed by atoms with Crippen LogP contribution in [0.15, 0.2) is 0 Å². The Morgan fingerprint density at radius 1 is 0.628 bits per heavy atom. The number of Topliss-reactive ketones (excluding diaryl/α,β-unsaturated/α-hetero) is 2. The molecule has 2 heterocycles. The number of rotatable bonds is 12. The van der Waals surface area contributed by atoms with E-state index in [4.69, 9.17) is 23.7 Å². The number of ether oxygens (including phenoxy) is 5. The Bertz CT molecular complexity index is 1010. The van der Waals surface area contributed by atoms with Crippen molar-refractivity contribution in [3.8, 4) is 0 Å². The van der Waals surface area contributed by atoms with E-state index >= 15 is 0 Å². The third kappa shape index (κ3) is 6.65. The first-order chi connectivity index (χ1) is 19.8. The van der Waals surface area contributed by atoms with E-state index in [1.54, 1.807) is 0 Å². The predicted molar refractivity (Wildman–Crippen MR) is 144 cm³/mol. The summed E-state index contributed by atoms with van der Waals surface area (Å²) in [6, 6.07) is 0.